The maximum Gasteiger partial charge on any atom is 0.256 e. The van der Waals surface area contributed by atoms with E-state index in [-0.39, 0.29) is 5.91 Å². The van der Waals surface area contributed by atoms with Crippen molar-refractivity contribution < 1.29 is 19.0 Å². The third kappa shape index (κ3) is 2.98. The lowest BCUT2D eigenvalue weighted by molar-refractivity contribution is -0.110. The number of halogens is 1. The van der Waals surface area contributed by atoms with E-state index in [1.54, 1.807) is 39.5 Å². The van der Waals surface area contributed by atoms with Crippen molar-refractivity contribution in [3.63, 3.8) is 0 Å². The summed E-state index contributed by atoms with van der Waals surface area (Å²) >= 11 is 3.52. The van der Waals surface area contributed by atoms with E-state index in [0.717, 1.165) is 26.9 Å². The van der Waals surface area contributed by atoms with E-state index in [9.17, 15) is 4.79 Å². The quantitative estimate of drug-likeness (QED) is 0.774. The molecular weight excluding hydrogens is 386 g/mol. The molecule has 5 nitrogen and oxygen atoms in total. The Bertz CT molecular complexity index is 889. The van der Waals surface area contributed by atoms with E-state index < -0.39 is 0 Å². The summed E-state index contributed by atoms with van der Waals surface area (Å²) in [6, 6.07) is 7.35. The average molecular weight is 404 g/mol. The molecule has 0 spiro atoms. The van der Waals surface area contributed by atoms with E-state index >= 15 is 0 Å². The summed E-state index contributed by atoms with van der Waals surface area (Å²) in [6.45, 7) is 1.98. The summed E-state index contributed by atoms with van der Waals surface area (Å²) in [5.41, 5.74) is 4.01. The van der Waals surface area contributed by atoms with Crippen LogP contribution in [0, 0.1) is 6.92 Å². The zero-order chi connectivity index (χ0) is 18.1. The van der Waals surface area contributed by atoms with Crippen LogP contribution >= 0.6 is 15.9 Å². The number of hydrogen-bond acceptors (Lipinski definition) is 4. The van der Waals surface area contributed by atoms with E-state index in [1.165, 1.54) is 0 Å². The van der Waals surface area contributed by atoms with Crippen LogP contribution in [0.3, 0.4) is 0 Å². The lowest BCUT2D eigenvalue weighted by atomic mass is 9.99. The Hall–Kier alpha value is -2.47. The number of methoxy groups -OCH3 is 3. The van der Waals surface area contributed by atoms with Gasteiger partial charge in [0, 0.05) is 27.4 Å². The zero-order valence-electron chi connectivity index (χ0n) is 14.4. The number of hydrogen-bond donors (Lipinski definition) is 1. The molecule has 0 radical (unpaired) electrons. The van der Waals surface area contributed by atoms with Crippen LogP contribution in [-0.4, -0.2) is 27.2 Å². The Kier molecular flexibility index (Phi) is 4.72. The number of fused-ring (bicyclic) bond motifs is 1. The molecule has 3 rings (SSSR count). The fraction of sp³-hybridized carbons (Fsp3) is 0.211. The summed E-state index contributed by atoms with van der Waals surface area (Å²) < 4.78 is 17.1. The number of carbonyl (C=O) groups is 1. The Morgan fingerprint density at radius 1 is 1.00 bits per heavy atom. The molecule has 1 heterocycles. The normalized spacial score (nSPS) is 14.3. The SMILES string of the molecule is COc1cc(OC)c(OC)cc1C=C1C(=O)Nc2ccc(Br)c(C)c21. The van der Waals surface area contributed by atoms with Gasteiger partial charge in [0.15, 0.2) is 11.5 Å². The van der Waals surface area contributed by atoms with Gasteiger partial charge in [-0.2, -0.15) is 0 Å². The van der Waals surface area contributed by atoms with Crippen molar-refractivity contribution in [1.29, 1.82) is 0 Å². The van der Waals surface area contributed by atoms with Crippen LogP contribution in [0.25, 0.3) is 11.6 Å². The first kappa shape index (κ1) is 17.4. The molecule has 25 heavy (non-hydrogen) atoms. The van der Waals surface area contributed by atoms with Crippen LogP contribution in [0.5, 0.6) is 17.2 Å². The molecule has 0 fully saturated rings. The zero-order valence-corrected chi connectivity index (χ0v) is 16.0. The van der Waals surface area contributed by atoms with Crippen LogP contribution in [0.2, 0.25) is 0 Å². The molecule has 0 aliphatic carbocycles. The highest BCUT2D eigenvalue weighted by atomic mass is 79.9. The highest BCUT2D eigenvalue weighted by molar-refractivity contribution is 9.10. The molecule has 1 N–H and O–H groups in total. The van der Waals surface area contributed by atoms with Gasteiger partial charge < -0.3 is 19.5 Å². The molecule has 130 valence electrons. The highest BCUT2D eigenvalue weighted by Crippen LogP contribution is 2.41. The Morgan fingerprint density at radius 2 is 1.64 bits per heavy atom. The third-order valence-corrected chi connectivity index (χ3v) is 5.06. The fourth-order valence-corrected chi connectivity index (χ4v) is 3.23. The third-order valence-electron chi connectivity index (χ3n) is 4.20. The predicted molar refractivity (Wildman–Crippen MR) is 101 cm³/mol. The second-order valence-electron chi connectivity index (χ2n) is 5.56. The lowest BCUT2D eigenvalue weighted by Crippen LogP contribution is -2.04. The van der Waals surface area contributed by atoms with Crippen molar-refractivity contribution >= 4 is 39.2 Å². The second-order valence-corrected chi connectivity index (χ2v) is 6.41. The van der Waals surface area contributed by atoms with Gasteiger partial charge in [-0.3, -0.25) is 4.79 Å². The van der Waals surface area contributed by atoms with Gasteiger partial charge >= 0.3 is 0 Å². The fourth-order valence-electron chi connectivity index (χ4n) is 2.90. The van der Waals surface area contributed by atoms with Crippen LogP contribution in [0.1, 0.15) is 16.7 Å². The Morgan fingerprint density at radius 3 is 2.28 bits per heavy atom. The van der Waals surface area contributed by atoms with Gasteiger partial charge in [-0.1, -0.05) is 15.9 Å². The number of benzene rings is 2. The largest absolute Gasteiger partial charge is 0.496 e. The minimum Gasteiger partial charge on any atom is -0.496 e. The summed E-state index contributed by atoms with van der Waals surface area (Å²) in [7, 11) is 4.71. The number of carbonyl (C=O) groups excluding carboxylic acids is 1. The van der Waals surface area contributed by atoms with E-state index in [0.29, 0.717) is 22.8 Å². The molecule has 0 saturated heterocycles. The predicted octanol–water partition coefficient (Wildman–Crippen LogP) is 4.28. The topological polar surface area (TPSA) is 56.8 Å². The number of rotatable bonds is 4. The first-order valence-electron chi connectivity index (χ1n) is 7.62. The van der Waals surface area contributed by atoms with Gasteiger partial charge in [0.25, 0.3) is 5.91 Å². The van der Waals surface area contributed by atoms with Crippen molar-refractivity contribution in [3.05, 3.63) is 45.4 Å². The molecule has 0 aromatic heterocycles. The van der Waals surface area contributed by atoms with Crippen LogP contribution in [0.4, 0.5) is 5.69 Å². The Balaban J connectivity index is 2.20. The molecule has 0 saturated carbocycles. The standard InChI is InChI=1S/C19H18BrNO4/c1-10-13(20)5-6-14-18(10)12(19(22)21-14)7-11-8-16(24-3)17(25-4)9-15(11)23-2/h5-9H,1-4H3,(H,21,22). The van der Waals surface area contributed by atoms with Crippen LogP contribution in [0.15, 0.2) is 28.7 Å². The minimum absolute atomic E-state index is 0.145. The number of ether oxygens (including phenoxy) is 3. The number of amides is 1. The first-order chi connectivity index (χ1) is 12.0. The first-order valence-corrected chi connectivity index (χ1v) is 8.42. The molecule has 1 amide bonds. The molecule has 0 unspecified atom stereocenters. The lowest BCUT2D eigenvalue weighted by Gasteiger charge is -2.13. The Labute approximate surface area is 154 Å². The van der Waals surface area contributed by atoms with Gasteiger partial charge in [0.1, 0.15) is 5.75 Å². The molecular formula is C19H18BrNO4. The van der Waals surface area contributed by atoms with Gasteiger partial charge in [-0.25, -0.2) is 0 Å². The van der Waals surface area contributed by atoms with E-state index in [4.69, 9.17) is 14.2 Å². The smallest absolute Gasteiger partial charge is 0.256 e. The molecule has 2 aromatic carbocycles. The highest BCUT2D eigenvalue weighted by Gasteiger charge is 2.27. The monoisotopic (exact) mass is 403 g/mol. The maximum absolute atomic E-state index is 12.5. The van der Waals surface area contributed by atoms with Crippen molar-refractivity contribution in [2.45, 2.75) is 6.92 Å². The van der Waals surface area contributed by atoms with Gasteiger partial charge in [-0.05, 0) is 36.8 Å². The average Bonchev–Trinajstić information content (AvgIpc) is 2.94. The van der Waals surface area contributed by atoms with E-state index in [1.807, 2.05) is 19.1 Å². The van der Waals surface area contributed by atoms with E-state index in [2.05, 4.69) is 21.2 Å². The molecule has 1 aliphatic rings. The van der Waals surface area contributed by atoms with Gasteiger partial charge in [0.2, 0.25) is 0 Å². The summed E-state index contributed by atoms with van der Waals surface area (Å²) in [4.78, 5) is 12.5. The summed E-state index contributed by atoms with van der Waals surface area (Å²) in [6.07, 6.45) is 1.81. The van der Waals surface area contributed by atoms with Crippen molar-refractivity contribution in [2.75, 3.05) is 26.6 Å². The van der Waals surface area contributed by atoms with Crippen LogP contribution < -0.4 is 19.5 Å². The number of anilines is 1. The number of nitrogens with one attached hydrogen (secondary N) is 1. The maximum atomic E-state index is 12.5. The second kappa shape index (κ2) is 6.80. The summed E-state index contributed by atoms with van der Waals surface area (Å²) in [5, 5.41) is 2.90. The minimum atomic E-state index is -0.145. The summed E-state index contributed by atoms with van der Waals surface area (Å²) in [5.74, 6) is 1.59. The van der Waals surface area contributed by atoms with Gasteiger partial charge in [-0.15, -0.1) is 0 Å². The molecule has 2 aromatic rings. The van der Waals surface area contributed by atoms with Crippen molar-refractivity contribution in [2.24, 2.45) is 0 Å². The molecule has 0 atom stereocenters. The molecule has 6 heteroatoms. The molecule has 0 bridgehead atoms. The van der Waals surface area contributed by atoms with Crippen LogP contribution in [-0.2, 0) is 4.79 Å². The van der Waals surface area contributed by atoms with Crippen molar-refractivity contribution in [1.82, 2.24) is 0 Å². The molecule has 1 aliphatic heterocycles. The van der Waals surface area contributed by atoms with Gasteiger partial charge in [0.05, 0.1) is 26.9 Å². The van der Waals surface area contributed by atoms with Crippen molar-refractivity contribution in [3.8, 4) is 17.2 Å².